The number of aromatic nitrogens is 2. The van der Waals surface area contributed by atoms with E-state index < -0.39 is 0 Å². The Labute approximate surface area is 132 Å². The lowest BCUT2D eigenvalue weighted by molar-refractivity contribution is 0.0742. The van der Waals surface area contributed by atoms with Crippen LogP contribution in [0, 0.1) is 3.70 Å². The highest BCUT2D eigenvalue weighted by Gasteiger charge is 2.17. The van der Waals surface area contributed by atoms with Crippen LogP contribution in [0.2, 0.25) is 0 Å². The average molecular weight is 383 g/mol. The zero-order chi connectivity index (χ0) is 13.9. The highest BCUT2D eigenvalue weighted by Crippen LogP contribution is 2.16. The smallest absolute Gasteiger partial charge is 0.255 e. The molecule has 1 aliphatic rings. The first-order chi connectivity index (χ1) is 9.75. The molecule has 2 aromatic heterocycles. The van der Waals surface area contributed by atoms with Gasteiger partial charge < -0.3 is 4.90 Å². The minimum atomic E-state index is 0.151. The standard InChI is InChI=1S/C15H18IN3O/c16-13-10-17-14-7-6-12(11-19(13)14)15(20)18-8-4-2-1-3-5-9-18/h6-7,10-11H,1-5,8-9H2. The molecule has 0 saturated carbocycles. The Balaban J connectivity index is 1.84. The maximum absolute atomic E-state index is 12.6. The van der Waals surface area contributed by atoms with Gasteiger partial charge in [-0.15, -0.1) is 0 Å². The first kappa shape index (κ1) is 13.9. The molecule has 2 aromatic rings. The topological polar surface area (TPSA) is 37.6 Å². The average Bonchev–Trinajstić information content (AvgIpc) is 2.79. The lowest BCUT2D eigenvalue weighted by Crippen LogP contribution is -2.33. The highest BCUT2D eigenvalue weighted by molar-refractivity contribution is 14.1. The Morgan fingerprint density at radius 1 is 1.10 bits per heavy atom. The van der Waals surface area contributed by atoms with Crippen LogP contribution < -0.4 is 0 Å². The van der Waals surface area contributed by atoms with Gasteiger partial charge in [-0.05, 0) is 47.6 Å². The van der Waals surface area contributed by atoms with Crippen molar-refractivity contribution in [1.82, 2.24) is 14.3 Å². The molecule has 0 spiro atoms. The summed E-state index contributed by atoms with van der Waals surface area (Å²) in [6.45, 7) is 1.77. The van der Waals surface area contributed by atoms with Crippen LogP contribution in [0.5, 0.6) is 0 Å². The lowest BCUT2D eigenvalue weighted by atomic mass is 10.1. The molecule has 0 aliphatic carbocycles. The second-order valence-corrected chi connectivity index (χ2v) is 6.39. The summed E-state index contributed by atoms with van der Waals surface area (Å²) in [6.07, 6.45) is 9.75. The molecule has 0 bridgehead atoms. The maximum Gasteiger partial charge on any atom is 0.255 e. The van der Waals surface area contributed by atoms with E-state index in [1.807, 2.05) is 33.8 Å². The number of carbonyl (C=O) groups excluding carboxylic acids is 1. The van der Waals surface area contributed by atoms with Crippen LogP contribution in [-0.2, 0) is 0 Å². The van der Waals surface area contributed by atoms with Crippen LogP contribution in [0.25, 0.3) is 5.65 Å². The van der Waals surface area contributed by atoms with Crippen LogP contribution in [0.4, 0.5) is 0 Å². The quantitative estimate of drug-likeness (QED) is 0.709. The summed E-state index contributed by atoms with van der Waals surface area (Å²) >= 11 is 2.23. The fourth-order valence-electron chi connectivity index (χ4n) is 2.71. The molecular weight excluding hydrogens is 365 g/mol. The zero-order valence-corrected chi connectivity index (χ0v) is 13.5. The van der Waals surface area contributed by atoms with E-state index >= 15 is 0 Å². The number of rotatable bonds is 1. The van der Waals surface area contributed by atoms with Gasteiger partial charge in [0.25, 0.3) is 5.91 Å². The summed E-state index contributed by atoms with van der Waals surface area (Å²) in [6, 6.07) is 3.80. The van der Waals surface area contributed by atoms with Crippen molar-refractivity contribution in [1.29, 1.82) is 0 Å². The maximum atomic E-state index is 12.6. The lowest BCUT2D eigenvalue weighted by Gasteiger charge is -2.24. The Kier molecular flexibility index (Phi) is 4.24. The fourth-order valence-corrected chi connectivity index (χ4v) is 3.24. The third-order valence-electron chi connectivity index (χ3n) is 3.85. The van der Waals surface area contributed by atoms with Gasteiger partial charge in [-0.1, -0.05) is 19.3 Å². The fraction of sp³-hybridized carbons (Fsp3) is 0.467. The Morgan fingerprint density at radius 3 is 2.55 bits per heavy atom. The van der Waals surface area contributed by atoms with Gasteiger partial charge in [-0.25, -0.2) is 4.98 Å². The SMILES string of the molecule is O=C(c1ccc2ncc(I)n2c1)N1CCCCCCC1. The van der Waals surface area contributed by atoms with E-state index in [0.717, 1.165) is 40.8 Å². The Morgan fingerprint density at radius 2 is 1.80 bits per heavy atom. The molecule has 5 heteroatoms. The molecule has 1 amide bonds. The van der Waals surface area contributed by atoms with E-state index in [-0.39, 0.29) is 5.91 Å². The molecule has 0 radical (unpaired) electrons. The van der Waals surface area contributed by atoms with Crippen molar-refractivity contribution in [2.75, 3.05) is 13.1 Å². The minimum absolute atomic E-state index is 0.151. The molecule has 0 unspecified atom stereocenters. The molecule has 0 aromatic carbocycles. The van der Waals surface area contributed by atoms with E-state index in [4.69, 9.17) is 0 Å². The molecule has 3 rings (SSSR count). The summed E-state index contributed by atoms with van der Waals surface area (Å²) in [5.74, 6) is 0.151. The van der Waals surface area contributed by atoms with Crippen molar-refractivity contribution >= 4 is 34.1 Å². The van der Waals surface area contributed by atoms with Crippen LogP contribution in [0.3, 0.4) is 0 Å². The van der Waals surface area contributed by atoms with Gasteiger partial charge in [0.15, 0.2) is 0 Å². The second-order valence-electron chi connectivity index (χ2n) is 5.29. The number of pyridine rings is 1. The summed E-state index contributed by atoms with van der Waals surface area (Å²) in [5.41, 5.74) is 1.65. The van der Waals surface area contributed by atoms with Gasteiger partial charge in [0.2, 0.25) is 0 Å². The zero-order valence-electron chi connectivity index (χ0n) is 11.4. The number of hydrogen-bond donors (Lipinski definition) is 0. The number of carbonyl (C=O) groups is 1. The van der Waals surface area contributed by atoms with E-state index in [0.29, 0.717) is 0 Å². The summed E-state index contributed by atoms with van der Waals surface area (Å²) in [7, 11) is 0. The summed E-state index contributed by atoms with van der Waals surface area (Å²) < 4.78 is 3.00. The predicted molar refractivity (Wildman–Crippen MR) is 86.9 cm³/mol. The van der Waals surface area contributed by atoms with E-state index in [9.17, 15) is 4.79 Å². The van der Waals surface area contributed by atoms with Gasteiger partial charge in [-0.3, -0.25) is 9.20 Å². The molecular formula is C15H18IN3O. The second kappa shape index (κ2) is 6.11. The minimum Gasteiger partial charge on any atom is -0.339 e. The van der Waals surface area contributed by atoms with Crippen molar-refractivity contribution in [3.8, 4) is 0 Å². The number of halogens is 1. The molecule has 20 heavy (non-hydrogen) atoms. The molecule has 0 atom stereocenters. The van der Waals surface area contributed by atoms with E-state index in [1.165, 1.54) is 19.3 Å². The Hall–Kier alpha value is -1.11. The summed E-state index contributed by atoms with van der Waals surface area (Å²) in [5, 5.41) is 0. The number of fused-ring (bicyclic) bond motifs is 1. The van der Waals surface area contributed by atoms with Gasteiger partial charge in [0.05, 0.1) is 11.8 Å². The third kappa shape index (κ3) is 2.82. The van der Waals surface area contributed by atoms with E-state index in [1.54, 1.807) is 0 Å². The molecule has 4 nitrogen and oxygen atoms in total. The number of likely N-dealkylation sites (tertiary alicyclic amines) is 1. The molecule has 1 aliphatic heterocycles. The molecule has 1 saturated heterocycles. The monoisotopic (exact) mass is 383 g/mol. The summed E-state index contributed by atoms with van der Waals surface area (Å²) in [4.78, 5) is 18.9. The Bertz CT molecular complexity index is 615. The first-order valence-corrected chi connectivity index (χ1v) is 8.25. The molecule has 3 heterocycles. The number of nitrogens with zero attached hydrogens (tertiary/aromatic N) is 3. The largest absolute Gasteiger partial charge is 0.339 e. The molecule has 1 fully saturated rings. The van der Waals surface area contributed by atoms with Crippen molar-refractivity contribution < 1.29 is 4.79 Å². The number of imidazole rings is 1. The third-order valence-corrected chi connectivity index (χ3v) is 4.65. The van der Waals surface area contributed by atoms with Crippen molar-refractivity contribution in [2.24, 2.45) is 0 Å². The molecule has 0 N–H and O–H groups in total. The van der Waals surface area contributed by atoms with Crippen LogP contribution in [0.15, 0.2) is 24.5 Å². The van der Waals surface area contributed by atoms with Crippen molar-refractivity contribution in [2.45, 2.75) is 32.1 Å². The van der Waals surface area contributed by atoms with Crippen LogP contribution >= 0.6 is 22.6 Å². The first-order valence-electron chi connectivity index (χ1n) is 7.17. The van der Waals surface area contributed by atoms with Crippen molar-refractivity contribution in [3.63, 3.8) is 0 Å². The number of amides is 1. The van der Waals surface area contributed by atoms with Gasteiger partial charge in [0, 0.05) is 19.3 Å². The van der Waals surface area contributed by atoms with Gasteiger partial charge >= 0.3 is 0 Å². The molecule has 106 valence electrons. The highest BCUT2D eigenvalue weighted by atomic mass is 127. The van der Waals surface area contributed by atoms with Gasteiger partial charge in [-0.2, -0.15) is 0 Å². The van der Waals surface area contributed by atoms with Crippen molar-refractivity contribution in [3.05, 3.63) is 33.8 Å². The predicted octanol–water partition coefficient (Wildman–Crippen LogP) is 3.35. The normalized spacial score (nSPS) is 16.9. The van der Waals surface area contributed by atoms with Gasteiger partial charge in [0.1, 0.15) is 9.35 Å². The number of hydrogen-bond acceptors (Lipinski definition) is 2. The van der Waals surface area contributed by atoms with Crippen LogP contribution in [-0.4, -0.2) is 33.3 Å². The van der Waals surface area contributed by atoms with Crippen LogP contribution in [0.1, 0.15) is 42.5 Å². The van der Waals surface area contributed by atoms with E-state index in [2.05, 4.69) is 27.6 Å².